The summed E-state index contributed by atoms with van der Waals surface area (Å²) in [6, 6.07) is 4.03. The molecule has 0 aliphatic heterocycles. The van der Waals surface area contributed by atoms with Gasteiger partial charge in [-0.15, -0.1) is 23.4 Å². The molecule has 1 aromatic carbocycles. The van der Waals surface area contributed by atoms with Gasteiger partial charge in [0.25, 0.3) is 0 Å². The van der Waals surface area contributed by atoms with Gasteiger partial charge in [-0.2, -0.15) is 0 Å². The van der Waals surface area contributed by atoms with Crippen LogP contribution in [0.15, 0.2) is 23.1 Å². The van der Waals surface area contributed by atoms with Crippen molar-refractivity contribution >= 4 is 23.4 Å². The number of alkyl halides is 1. The molecular weight excluding hydrogens is 250 g/mol. The molecule has 1 rings (SSSR count). The van der Waals surface area contributed by atoms with E-state index < -0.39 is 11.6 Å². The maximum absolute atomic E-state index is 12.9. The average Bonchev–Trinajstić information content (AvgIpc) is 2.28. The summed E-state index contributed by atoms with van der Waals surface area (Å²) in [5.74, 6) is 0.0996. The molecule has 16 heavy (non-hydrogen) atoms. The van der Waals surface area contributed by atoms with Crippen molar-refractivity contribution in [3.63, 3.8) is 0 Å². The van der Waals surface area contributed by atoms with Crippen LogP contribution in [0.2, 0.25) is 0 Å². The SMILES string of the molecule is Fc1ccc(SCCCCCCCl)cc1F. The molecule has 0 saturated carbocycles. The first-order valence-corrected chi connectivity index (χ1v) is 6.90. The summed E-state index contributed by atoms with van der Waals surface area (Å²) in [5, 5.41) is 0. The number of thioether (sulfide) groups is 1. The second-order valence-electron chi connectivity index (χ2n) is 3.53. The van der Waals surface area contributed by atoms with E-state index in [0.717, 1.165) is 42.2 Å². The van der Waals surface area contributed by atoms with Crippen LogP contribution in [0.3, 0.4) is 0 Å². The first-order valence-electron chi connectivity index (χ1n) is 5.38. The van der Waals surface area contributed by atoms with Crippen LogP contribution in [0, 0.1) is 11.6 Å². The Morgan fingerprint density at radius 2 is 1.75 bits per heavy atom. The summed E-state index contributed by atoms with van der Waals surface area (Å²) in [5.41, 5.74) is 0. The number of benzene rings is 1. The van der Waals surface area contributed by atoms with Crippen molar-refractivity contribution in [2.75, 3.05) is 11.6 Å². The van der Waals surface area contributed by atoms with E-state index in [4.69, 9.17) is 11.6 Å². The molecular formula is C12H15ClF2S. The summed E-state index contributed by atoms with van der Waals surface area (Å²) in [4.78, 5) is 0.788. The molecule has 0 fully saturated rings. The normalized spacial score (nSPS) is 10.7. The number of halogens is 3. The average molecular weight is 265 g/mol. The fourth-order valence-corrected chi connectivity index (χ4v) is 2.43. The molecule has 0 heterocycles. The van der Waals surface area contributed by atoms with Gasteiger partial charge in [0.05, 0.1) is 0 Å². The molecule has 0 saturated heterocycles. The van der Waals surface area contributed by atoms with E-state index in [0.29, 0.717) is 0 Å². The first kappa shape index (κ1) is 13.8. The Balaban J connectivity index is 2.19. The van der Waals surface area contributed by atoms with Gasteiger partial charge < -0.3 is 0 Å². The maximum Gasteiger partial charge on any atom is 0.159 e. The molecule has 0 aliphatic carbocycles. The van der Waals surface area contributed by atoms with Crippen LogP contribution in [-0.2, 0) is 0 Å². The van der Waals surface area contributed by atoms with Gasteiger partial charge in [0.2, 0.25) is 0 Å². The zero-order valence-corrected chi connectivity index (χ0v) is 10.6. The number of rotatable bonds is 7. The van der Waals surface area contributed by atoms with Crippen molar-refractivity contribution in [1.82, 2.24) is 0 Å². The third-order valence-corrected chi connectivity index (χ3v) is 3.54. The second kappa shape index (κ2) is 7.91. The quantitative estimate of drug-likeness (QED) is 0.385. The first-order chi connectivity index (χ1) is 7.74. The third kappa shape index (κ3) is 5.17. The van der Waals surface area contributed by atoms with E-state index in [-0.39, 0.29) is 0 Å². The molecule has 0 aromatic heterocycles. The third-order valence-electron chi connectivity index (χ3n) is 2.19. The predicted octanol–water partition coefficient (Wildman–Crippen LogP) is 4.86. The summed E-state index contributed by atoms with van der Waals surface area (Å²) >= 11 is 7.12. The summed E-state index contributed by atoms with van der Waals surface area (Å²) in [6.07, 6.45) is 4.42. The standard InChI is InChI=1S/C12H15ClF2S/c13-7-3-1-2-4-8-16-10-5-6-11(14)12(15)9-10/h5-6,9H,1-4,7-8H2. The van der Waals surface area contributed by atoms with Crippen molar-refractivity contribution in [3.8, 4) is 0 Å². The van der Waals surface area contributed by atoms with Gasteiger partial charge in [-0.3, -0.25) is 0 Å². The van der Waals surface area contributed by atoms with Crippen molar-refractivity contribution in [2.24, 2.45) is 0 Å². The monoisotopic (exact) mass is 264 g/mol. The molecule has 0 radical (unpaired) electrons. The number of hydrogen-bond acceptors (Lipinski definition) is 1. The molecule has 0 N–H and O–H groups in total. The van der Waals surface area contributed by atoms with Crippen LogP contribution in [0.25, 0.3) is 0 Å². The van der Waals surface area contributed by atoms with Gasteiger partial charge in [-0.1, -0.05) is 12.8 Å². The Morgan fingerprint density at radius 1 is 1.00 bits per heavy atom. The van der Waals surface area contributed by atoms with Crippen molar-refractivity contribution in [3.05, 3.63) is 29.8 Å². The van der Waals surface area contributed by atoms with E-state index in [1.807, 2.05) is 0 Å². The molecule has 0 spiro atoms. The van der Waals surface area contributed by atoms with E-state index in [1.54, 1.807) is 17.8 Å². The highest BCUT2D eigenvalue weighted by molar-refractivity contribution is 7.99. The maximum atomic E-state index is 12.9. The van der Waals surface area contributed by atoms with Gasteiger partial charge in [0.15, 0.2) is 11.6 Å². The predicted molar refractivity (Wildman–Crippen MR) is 66.3 cm³/mol. The molecule has 1 aromatic rings. The van der Waals surface area contributed by atoms with Gasteiger partial charge in [0.1, 0.15) is 0 Å². The Labute approximate surface area is 104 Å². The zero-order chi connectivity index (χ0) is 11.8. The smallest absolute Gasteiger partial charge is 0.159 e. The molecule has 0 bridgehead atoms. The van der Waals surface area contributed by atoms with Crippen LogP contribution in [0.5, 0.6) is 0 Å². The number of unbranched alkanes of at least 4 members (excludes halogenated alkanes) is 3. The largest absolute Gasteiger partial charge is 0.204 e. The van der Waals surface area contributed by atoms with E-state index in [9.17, 15) is 8.78 Å². The van der Waals surface area contributed by atoms with Gasteiger partial charge in [0, 0.05) is 10.8 Å². The molecule has 0 aliphatic rings. The van der Waals surface area contributed by atoms with Crippen LogP contribution >= 0.6 is 23.4 Å². The lowest BCUT2D eigenvalue weighted by atomic mass is 10.2. The van der Waals surface area contributed by atoms with Gasteiger partial charge in [-0.05, 0) is 36.8 Å². The minimum Gasteiger partial charge on any atom is -0.204 e. The van der Waals surface area contributed by atoms with Crippen molar-refractivity contribution in [2.45, 2.75) is 30.6 Å². The fraction of sp³-hybridized carbons (Fsp3) is 0.500. The lowest BCUT2D eigenvalue weighted by Gasteiger charge is -2.02. The van der Waals surface area contributed by atoms with Crippen LogP contribution in [-0.4, -0.2) is 11.6 Å². The minimum absolute atomic E-state index is 0.719. The summed E-state index contributed by atoms with van der Waals surface area (Å²) in [7, 11) is 0. The molecule has 4 heteroatoms. The molecule has 0 nitrogen and oxygen atoms in total. The summed E-state index contributed by atoms with van der Waals surface area (Å²) in [6.45, 7) is 0. The Morgan fingerprint density at radius 3 is 2.44 bits per heavy atom. The highest BCUT2D eigenvalue weighted by Crippen LogP contribution is 2.21. The Kier molecular flexibility index (Phi) is 6.81. The van der Waals surface area contributed by atoms with Crippen LogP contribution < -0.4 is 0 Å². The van der Waals surface area contributed by atoms with Gasteiger partial charge in [-0.25, -0.2) is 8.78 Å². The molecule has 0 unspecified atom stereocenters. The topological polar surface area (TPSA) is 0 Å². The van der Waals surface area contributed by atoms with Gasteiger partial charge >= 0.3 is 0 Å². The second-order valence-corrected chi connectivity index (χ2v) is 5.07. The van der Waals surface area contributed by atoms with Crippen LogP contribution in [0.4, 0.5) is 8.78 Å². The van der Waals surface area contributed by atoms with E-state index in [1.165, 1.54) is 12.1 Å². The van der Waals surface area contributed by atoms with Crippen molar-refractivity contribution in [1.29, 1.82) is 0 Å². The lowest BCUT2D eigenvalue weighted by Crippen LogP contribution is -1.86. The highest BCUT2D eigenvalue weighted by Gasteiger charge is 2.02. The van der Waals surface area contributed by atoms with Crippen molar-refractivity contribution < 1.29 is 8.78 Å². The number of hydrogen-bond donors (Lipinski definition) is 0. The molecule has 0 amide bonds. The molecule has 0 atom stereocenters. The van der Waals surface area contributed by atoms with E-state index >= 15 is 0 Å². The highest BCUT2D eigenvalue weighted by atomic mass is 35.5. The Bertz CT molecular complexity index is 318. The minimum atomic E-state index is -0.786. The molecule has 90 valence electrons. The lowest BCUT2D eigenvalue weighted by molar-refractivity contribution is 0.506. The summed E-state index contributed by atoms with van der Waals surface area (Å²) < 4.78 is 25.5. The Hall–Kier alpha value is -0.280. The van der Waals surface area contributed by atoms with Crippen LogP contribution in [0.1, 0.15) is 25.7 Å². The van der Waals surface area contributed by atoms with E-state index in [2.05, 4.69) is 0 Å². The zero-order valence-electron chi connectivity index (χ0n) is 9.02. The fourth-order valence-electron chi connectivity index (χ4n) is 1.31.